The van der Waals surface area contributed by atoms with Crippen molar-refractivity contribution in [3.05, 3.63) is 70.2 Å². The average molecular weight is 367 g/mol. The minimum absolute atomic E-state index is 0.0295. The first kappa shape index (κ1) is 17.4. The van der Waals surface area contributed by atoms with E-state index in [1.165, 1.54) is 18.2 Å². The second-order valence-electron chi connectivity index (χ2n) is 5.26. The summed E-state index contributed by atoms with van der Waals surface area (Å²) in [6.45, 7) is 0. The van der Waals surface area contributed by atoms with E-state index in [0.717, 1.165) is 35.0 Å². The van der Waals surface area contributed by atoms with Gasteiger partial charge in [0, 0.05) is 11.6 Å². The van der Waals surface area contributed by atoms with Gasteiger partial charge >= 0.3 is 11.9 Å². The zero-order valence-electron chi connectivity index (χ0n) is 12.7. The van der Waals surface area contributed by atoms with Gasteiger partial charge in [-0.25, -0.2) is 9.07 Å². The molecule has 2 aromatic carbocycles. The van der Waals surface area contributed by atoms with E-state index in [4.69, 9.17) is 0 Å². The molecule has 26 heavy (non-hydrogen) atoms. The fourth-order valence-electron chi connectivity index (χ4n) is 2.33. The Morgan fingerprint density at radius 2 is 1.73 bits per heavy atom. The molecule has 0 saturated carbocycles. The van der Waals surface area contributed by atoms with Crippen LogP contribution in [0.15, 0.2) is 48.5 Å². The van der Waals surface area contributed by atoms with E-state index in [1.807, 2.05) is 0 Å². The van der Waals surface area contributed by atoms with Gasteiger partial charge in [0.25, 0.3) is 0 Å². The van der Waals surface area contributed by atoms with Crippen molar-refractivity contribution >= 4 is 5.69 Å². The summed E-state index contributed by atoms with van der Waals surface area (Å²) < 4.78 is 53.2. The van der Waals surface area contributed by atoms with E-state index in [2.05, 4.69) is 5.10 Å². The van der Waals surface area contributed by atoms with Gasteiger partial charge in [0.05, 0.1) is 16.3 Å². The monoisotopic (exact) mass is 367 g/mol. The van der Waals surface area contributed by atoms with Gasteiger partial charge in [-0.1, -0.05) is 0 Å². The maximum atomic E-state index is 13.1. The quantitative estimate of drug-likeness (QED) is 0.425. The third-order valence-corrected chi connectivity index (χ3v) is 3.54. The van der Waals surface area contributed by atoms with Crippen LogP contribution in [0.25, 0.3) is 16.9 Å². The van der Waals surface area contributed by atoms with Gasteiger partial charge in [-0.05, 0) is 42.5 Å². The van der Waals surface area contributed by atoms with Gasteiger partial charge in [-0.15, -0.1) is 0 Å². The molecule has 0 aliphatic heterocycles. The molecule has 6 nitrogen and oxygen atoms in total. The third kappa shape index (κ3) is 3.21. The Bertz CT molecular complexity index is 981. The smallest absolute Gasteiger partial charge is 0.435 e. The molecular weight excluding hydrogens is 358 g/mol. The normalized spacial score (nSPS) is 11.5. The lowest BCUT2D eigenvalue weighted by Crippen LogP contribution is -2.07. The first-order valence-electron chi connectivity index (χ1n) is 7.08. The minimum atomic E-state index is -4.75. The van der Waals surface area contributed by atoms with Crippen LogP contribution in [0.5, 0.6) is 5.75 Å². The summed E-state index contributed by atoms with van der Waals surface area (Å²) in [6.07, 6.45) is -4.75. The summed E-state index contributed by atoms with van der Waals surface area (Å²) in [4.78, 5) is 10.1. The van der Waals surface area contributed by atoms with Crippen LogP contribution in [0, 0.1) is 15.9 Å². The molecule has 0 amide bonds. The van der Waals surface area contributed by atoms with E-state index in [-0.39, 0.29) is 16.9 Å². The van der Waals surface area contributed by atoms with Gasteiger partial charge in [0.1, 0.15) is 5.82 Å². The number of phenolic OH excluding ortho intramolecular Hbond substituents is 1. The zero-order chi connectivity index (χ0) is 19.1. The van der Waals surface area contributed by atoms with Crippen LogP contribution in [-0.4, -0.2) is 19.8 Å². The van der Waals surface area contributed by atoms with Gasteiger partial charge in [-0.3, -0.25) is 10.1 Å². The second-order valence-corrected chi connectivity index (χ2v) is 5.26. The van der Waals surface area contributed by atoms with Gasteiger partial charge < -0.3 is 5.11 Å². The van der Waals surface area contributed by atoms with E-state index in [1.54, 1.807) is 0 Å². The fourth-order valence-corrected chi connectivity index (χ4v) is 2.33. The number of halogens is 4. The van der Waals surface area contributed by atoms with E-state index >= 15 is 0 Å². The van der Waals surface area contributed by atoms with Crippen molar-refractivity contribution in [2.75, 3.05) is 0 Å². The zero-order valence-corrected chi connectivity index (χ0v) is 12.7. The third-order valence-electron chi connectivity index (χ3n) is 3.54. The van der Waals surface area contributed by atoms with Crippen LogP contribution in [0.1, 0.15) is 5.69 Å². The van der Waals surface area contributed by atoms with E-state index < -0.39 is 34.0 Å². The topological polar surface area (TPSA) is 81.2 Å². The van der Waals surface area contributed by atoms with Gasteiger partial charge in [0.2, 0.25) is 0 Å². The van der Waals surface area contributed by atoms with Crippen molar-refractivity contribution in [3.63, 3.8) is 0 Å². The summed E-state index contributed by atoms with van der Waals surface area (Å²) >= 11 is 0. The molecule has 0 spiro atoms. The minimum Gasteiger partial charge on any atom is -0.502 e. The Morgan fingerprint density at radius 1 is 1.08 bits per heavy atom. The van der Waals surface area contributed by atoms with Crippen LogP contribution in [0.2, 0.25) is 0 Å². The molecule has 10 heteroatoms. The summed E-state index contributed by atoms with van der Waals surface area (Å²) in [7, 11) is 0. The molecule has 134 valence electrons. The number of nitro benzene ring substituents is 1. The highest BCUT2D eigenvalue weighted by Gasteiger charge is 2.35. The summed E-state index contributed by atoms with van der Waals surface area (Å²) in [5.74, 6) is -1.21. The number of rotatable bonds is 3. The first-order valence-corrected chi connectivity index (χ1v) is 7.08. The molecule has 0 aliphatic carbocycles. The number of aromatic hydroxyl groups is 1. The standard InChI is InChI=1S/C16H9F4N3O3/c17-10-2-4-11(5-3-10)22-12(8-15(21-22)16(18,19)20)9-1-6-14(24)13(7-9)23(25)26/h1-8,24H. The van der Waals surface area contributed by atoms with E-state index in [0.29, 0.717) is 0 Å². The molecule has 0 saturated heterocycles. The fraction of sp³-hybridized carbons (Fsp3) is 0.0625. The number of aromatic nitrogens is 2. The predicted octanol–water partition coefficient (Wildman–Crippen LogP) is 4.31. The van der Waals surface area contributed by atoms with Crippen LogP contribution in [-0.2, 0) is 6.18 Å². The summed E-state index contributed by atoms with van der Waals surface area (Å²) in [5, 5.41) is 24.0. The Balaban J connectivity index is 2.23. The lowest BCUT2D eigenvalue weighted by molar-refractivity contribution is -0.385. The predicted molar refractivity (Wildman–Crippen MR) is 82.3 cm³/mol. The van der Waals surface area contributed by atoms with Crippen LogP contribution in [0.4, 0.5) is 23.2 Å². The molecule has 0 radical (unpaired) electrons. The maximum Gasteiger partial charge on any atom is 0.435 e. The van der Waals surface area contributed by atoms with Crippen molar-refractivity contribution in [2.24, 2.45) is 0 Å². The number of phenols is 1. The van der Waals surface area contributed by atoms with Gasteiger partial charge in [0.15, 0.2) is 11.4 Å². The number of nitro groups is 1. The van der Waals surface area contributed by atoms with Gasteiger partial charge in [-0.2, -0.15) is 18.3 Å². The number of hydrogen-bond donors (Lipinski definition) is 1. The molecule has 0 atom stereocenters. The van der Waals surface area contributed by atoms with Crippen LogP contribution >= 0.6 is 0 Å². The van der Waals surface area contributed by atoms with Crippen LogP contribution in [0.3, 0.4) is 0 Å². The molecule has 0 bridgehead atoms. The highest BCUT2D eigenvalue weighted by molar-refractivity contribution is 5.68. The van der Waals surface area contributed by atoms with Crippen molar-refractivity contribution in [1.29, 1.82) is 0 Å². The van der Waals surface area contributed by atoms with Crippen LogP contribution < -0.4 is 0 Å². The highest BCUT2D eigenvalue weighted by atomic mass is 19.4. The number of alkyl halides is 3. The molecule has 1 heterocycles. The lowest BCUT2D eigenvalue weighted by Gasteiger charge is -2.08. The molecule has 1 N–H and O–H groups in total. The number of nitrogens with zero attached hydrogens (tertiary/aromatic N) is 3. The van der Waals surface area contributed by atoms with E-state index in [9.17, 15) is 32.8 Å². The SMILES string of the molecule is O=[N+]([O-])c1cc(-c2cc(C(F)(F)F)nn2-c2ccc(F)cc2)ccc1O. The molecule has 3 rings (SSSR count). The molecule has 0 unspecified atom stereocenters. The largest absolute Gasteiger partial charge is 0.502 e. The average Bonchev–Trinajstić information content (AvgIpc) is 3.01. The molecular formula is C16H9F4N3O3. The van der Waals surface area contributed by atoms with Crippen molar-refractivity contribution in [2.45, 2.75) is 6.18 Å². The molecule has 0 fully saturated rings. The second kappa shape index (κ2) is 6.14. The Labute approximate surface area is 143 Å². The van der Waals surface area contributed by atoms with Crippen molar-refractivity contribution in [3.8, 4) is 22.7 Å². The molecule has 3 aromatic rings. The Kier molecular flexibility index (Phi) is 4.10. The Morgan fingerprint density at radius 3 is 2.31 bits per heavy atom. The van der Waals surface area contributed by atoms with Crippen molar-refractivity contribution < 1.29 is 27.6 Å². The summed E-state index contributed by atoms with van der Waals surface area (Å²) in [6, 6.07) is 8.43. The molecule has 0 aliphatic rings. The number of hydrogen-bond acceptors (Lipinski definition) is 4. The number of benzene rings is 2. The summed E-state index contributed by atoms with van der Waals surface area (Å²) in [5.41, 5.74) is -1.82. The Hall–Kier alpha value is -3.43. The molecule has 1 aromatic heterocycles. The van der Waals surface area contributed by atoms with Crippen molar-refractivity contribution in [1.82, 2.24) is 9.78 Å². The first-order chi connectivity index (χ1) is 12.2. The highest BCUT2D eigenvalue weighted by Crippen LogP contribution is 2.36. The maximum absolute atomic E-state index is 13.1. The lowest BCUT2D eigenvalue weighted by atomic mass is 10.1.